The van der Waals surface area contributed by atoms with Crippen LogP contribution < -0.4 is 5.32 Å². The van der Waals surface area contributed by atoms with Gasteiger partial charge in [0.25, 0.3) is 0 Å². The molecule has 1 unspecified atom stereocenters. The van der Waals surface area contributed by atoms with Crippen molar-refractivity contribution in [1.82, 2.24) is 4.98 Å². The van der Waals surface area contributed by atoms with Gasteiger partial charge in [-0.3, -0.25) is 10.1 Å². The number of rotatable bonds is 7. The van der Waals surface area contributed by atoms with Gasteiger partial charge in [0.15, 0.2) is 0 Å². The molecule has 1 atom stereocenters. The van der Waals surface area contributed by atoms with Gasteiger partial charge in [-0.1, -0.05) is 13.8 Å². The van der Waals surface area contributed by atoms with E-state index in [1.165, 1.54) is 0 Å². The summed E-state index contributed by atoms with van der Waals surface area (Å²) in [6.45, 7) is 5.76. The van der Waals surface area contributed by atoms with Crippen LogP contribution in [0.25, 0.3) is 0 Å². The molecule has 0 saturated carbocycles. The van der Waals surface area contributed by atoms with Gasteiger partial charge >= 0.3 is 11.7 Å². The van der Waals surface area contributed by atoms with Crippen molar-refractivity contribution in [2.75, 3.05) is 11.9 Å². The van der Waals surface area contributed by atoms with Crippen LogP contribution in [0.5, 0.6) is 0 Å². The molecule has 116 valence electrons. The maximum atomic E-state index is 11.0. The molecule has 8 nitrogen and oxygen atoms in total. The number of aliphatic hydroxyl groups is 1. The Morgan fingerprint density at radius 3 is 2.67 bits per heavy atom. The first-order valence-electron chi connectivity index (χ1n) is 6.46. The van der Waals surface area contributed by atoms with Crippen molar-refractivity contribution < 1.29 is 19.9 Å². The van der Waals surface area contributed by atoms with Gasteiger partial charge in [0, 0.05) is 12.6 Å². The molecule has 0 bridgehead atoms. The summed E-state index contributed by atoms with van der Waals surface area (Å²) in [6, 6.07) is 1.09. The lowest BCUT2D eigenvalue weighted by molar-refractivity contribution is -0.385. The standard InChI is InChI=1S/C13H19N3O5/c1-8(2)5-13(3,19)7-15-11-4-9(12(17)18)10(6-14-11)16(20)21/h4,6,8,19H,5,7H2,1-3H3,(H,14,15)(H,17,18). The largest absolute Gasteiger partial charge is 0.477 e. The van der Waals surface area contributed by atoms with Crippen LogP contribution in [0.3, 0.4) is 0 Å². The number of nitro groups is 1. The van der Waals surface area contributed by atoms with Gasteiger partial charge in [-0.25, -0.2) is 9.78 Å². The normalized spacial score (nSPS) is 13.8. The number of aromatic nitrogens is 1. The molecule has 0 amide bonds. The van der Waals surface area contributed by atoms with Gasteiger partial charge < -0.3 is 15.5 Å². The number of hydrogen-bond donors (Lipinski definition) is 3. The summed E-state index contributed by atoms with van der Waals surface area (Å²) < 4.78 is 0. The van der Waals surface area contributed by atoms with Gasteiger partial charge in [-0.05, 0) is 19.3 Å². The van der Waals surface area contributed by atoms with Crippen LogP contribution in [0.15, 0.2) is 12.3 Å². The van der Waals surface area contributed by atoms with Crippen LogP contribution in [0.2, 0.25) is 0 Å². The number of hydrogen-bond acceptors (Lipinski definition) is 6. The number of carboxylic acid groups (broad SMARTS) is 1. The summed E-state index contributed by atoms with van der Waals surface area (Å²) in [4.78, 5) is 24.7. The Labute approximate surface area is 122 Å². The smallest absolute Gasteiger partial charge is 0.342 e. The zero-order valence-electron chi connectivity index (χ0n) is 12.2. The molecule has 0 spiro atoms. The molecule has 0 aliphatic heterocycles. The van der Waals surface area contributed by atoms with Crippen molar-refractivity contribution in [1.29, 1.82) is 0 Å². The predicted octanol–water partition coefficient (Wildman–Crippen LogP) is 1.90. The first kappa shape index (κ1) is 16.8. The lowest BCUT2D eigenvalue weighted by Gasteiger charge is -2.25. The molecular formula is C13H19N3O5. The Hall–Kier alpha value is -2.22. The minimum Gasteiger partial charge on any atom is -0.477 e. The topological polar surface area (TPSA) is 126 Å². The van der Waals surface area contributed by atoms with E-state index in [4.69, 9.17) is 5.11 Å². The number of pyridine rings is 1. The monoisotopic (exact) mass is 297 g/mol. The summed E-state index contributed by atoms with van der Waals surface area (Å²) in [5.74, 6) is -0.940. The Balaban J connectivity index is 2.88. The molecule has 1 heterocycles. The fourth-order valence-electron chi connectivity index (χ4n) is 2.09. The molecule has 0 fully saturated rings. The van der Waals surface area contributed by atoms with Crippen molar-refractivity contribution in [2.45, 2.75) is 32.8 Å². The van der Waals surface area contributed by atoms with Crippen molar-refractivity contribution >= 4 is 17.5 Å². The highest BCUT2D eigenvalue weighted by Crippen LogP contribution is 2.22. The van der Waals surface area contributed by atoms with Crippen LogP contribution in [-0.4, -0.2) is 38.2 Å². The summed E-state index contributed by atoms with van der Waals surface area (Å²) >= 11 is 0. The minimum absolute atomic E-state index is 0.162. The van der Waals surface area contributed by atoms with Gasteiger partial charge in [0.2, 0.25) is 0 Å². The Kier molecular flexibility index (Phi) is 5.20. The maximum Gasteiger partial charge on any atom is 0.342 e. The minimum atomic E-state index is -1.40. The van der Waals surface area contributed by atoms with Crippen LogP contribution in [0, 0.1) is 16.0 Å². The van der Waals surface area contributed by atoms with E-state index in [0.717, 1.165) is 12.3 Å². The molecule has 0 aliphatic rings. The quantitative estimate of drug-likeness (QED) is 0.518. The second-order valence-electron chi connectivity index (χ2n) is 5.60. The van der Waals surface area contributed by atoms with Crippen molar-refractivity contribution in [3.8, 4) is 0 Å². The van der Waals surface area contributed by atoms with E-state index >= 15 is 0 Å². The third kappa shape index (κ3) is 4.99. The number of carbonyl (C=O) groups is 1. The summed E-state index contributed by atoms with van der Waals surface area (Å²) in [5.41, 5.74) is -2.00. The molecular weight excluding hydrogens is 278 g/mol. The molecule has 0 saturated heterocycles. The first-order chi connectivity index (χ1) is 9.62. The second kappa shape index (κ2) is 6.49. The number of nitrogens with zero attached hydrogens (tertiary/aromatic N) is 2. The second-order valence-corrected chi connectivity index (χ2v) is 5.60. The Bertz CT molecular complexity index is 543. The van der Waals surface area contributed by atoms with E-state index in [2.05, 4.69) is 10.3 Å². The summed E-state index contributed by atoms with van der Waals surface area (Å²) in [7, 11) is 0. The molecule has 1 aromatic rings. The molecule has 1 aromatic heterocycles. The third-order valence-electron chi connectivity index (χ3n) is 2.81. The van der Waals surface area contributed by atoms with Crippen molar-refractivity contribution in [3.05, 3.63) is 27.9 Å². The maximum absolute atomic E-state index is 11.0. The van der Waals surface area contributed by atoms with Gasteiger partial charge in [0.1, 0.15) is 17.6 Å². The zero-order chi connectivity index (χ0) is 16.2. The third-order valence-corrected chi connectivity index (χ3v) is 2.81. The van der Waals surface area contributed by atoms with E-state index in [1.54, 1.807) is 6.92 Å². The average molecular weight is 297 g/mol. The zero-order valence-corrected chi connectivity index (χ0v) is 12.2. The SMILES string of the molecule is CC(C)CC(C)(O)CNc1cc(C(=O)O)c([N+](=O)[O-])cn1. The van der Waals surface area contributed by atoms with Crippen LogP contribution >= 0.6 is 0 Å². The van der Waals surface area contributed by atoms with Crippen LogP contribution in [-0.2, 0) is 0 Å². The number of anilines is 1. The van der Waals surface area contributed by atoms with Crippen LogP contribution in [0.4, 0.5) is 11.5 Å². The molecule has 21 heavy (non-hydrogen) atoms. The molecule has 3 N–H and O–H groups in total. The molecule has 8 heteroatoms. The van der Waals surface area contributed by atoms with Crippen molar-refractivity contribution in [2.24, 2.45) is 5.92 Å². The van der Waals surface area contributed by atoms with E-state index < -0.39 is 27.7 Å². The number of nitrogens with one attached hydrogen (secondary N) is 1. The predicted molar refractivity (Wildman–Crippen MR) is 76.4 cm³/mol. The molecule has 0 aliphatic carbocycles. The number of carboxylic acids is 1. The highest BCUT2D eigenvalue weighted by Gasteiger charge is 2.24. The van der Waals surface area contributed by atoms with Crippen LogP contribution in [0.1, 0.15) is 37.6 Å². The lowest BCUT2D eigenvalue weighted by atomic mass is 9.94. The lowest BCUT2D eigenvalue weighted by Crippen LogP contribution is -2.35. The highest BCUT2D eigenvalue weighted by atomic mass is 16.6. The molecule has 0 aromatic carbocycles. The highest BCUT2D eigenvalue weighted by molar-refractivity contribution is 5.93. The van der Waals surface area contributed by atoms with Crippen molar-refractivity contribution in [3.63, 3.8) is 0 Å². The number of aromatic carboxylic acids is 1. The van der Waals surface area contributed by atoms with Gasteiger partial charge in [0.05, 0.1) is 10.5 Å². The average Bonchev–Trinajstić information content (AvgIpc) is 2.34. The first-order valence-corrected chi connectivity index (χ1v) is 6.46. The van der Waals surface area contributed by atoms with E-state index in [9.17, 15) is 20.0 Å². The summed E-state index contributed by atoms with van der Waals surface area (Å²) in [6.07, 6.45) is 1.45. The molecule has 1 rings (SSSR count). The summed E-state index contributed by atoms with van der Waals surface area (Å²) in [5, 5.41) is 32.7. The molecule has 0 radical (unpaired) electrons. The fraction of sp³-hybridized carbons (Fsp3) is 0.538. The van der Waals surface area contributed by atoms with Gasteiger partial charge in [-0.2, -0.15) is 0 Å². The Morgan fingerprint density at radius 2 is 2.19 bits per heavy atom. The fourth-order valence-corrected chi connectivity index (χ4v) is 2.09. The Morgan fingerprint density at radius 1 is 1.57 bits per heavy atom. The van der Waals surface area contributed by atoms with E-state index in [1.807, 2.05) is 13.8 Å². The van der Waals surface area contributed by atoms with E-state index in [0.29, 0.717) is 12.3 Å². The van der Waals surface area contributed by atoms with E-state index in [-0.39, 0.29) is 12.4 Å². The van der Waals surface area contributed by atoms with Gasteiger partial charge in [-0.15, -0.1) is 0 Å².